The van der Waals surface area contributed by atoms with Crippen LogP contribution in [0.3, 0.4) is 0 Å². The number of morpholine rings is 1. The molecule has 160 valence electrons. The summed E-state index contributed by atoms with van der Waals surface area (Å²) in [4.78, 5) is 27.0. The molecule has 8 nitrogen and oxygen atoms in total. The van der Waals surface area contributed by atoms with E-state index in [1.165, 1.54) is 9.21 Å². The minimum atomic E-state index is -3.64. The van der Waals surface area contributed by atoms with Crippen molar-refractivity contribution in [1.82, 2.24) is 14.5 Å². The highest BCUT2D eigenvalue weighted by Gasteiger charge is 2.49. The van der Waals surface area contributed by atoms with E-state index >= 15 is 0 Å². The highest BCUT2D eigenvalue weighted by atomic mass is 32.2. The van der Waals surface area contributed by atoms with E-state index in [1.807, 2.05) is 13.8 Å². The highest BCUT2D eigenvalue weighted by Crippen LogP contribution is 2.29. The fourth-order valence-corrected chi connectivity index (χ4v) is 5.54. The molecule has 0 spiro atoms. The molecule has 0 radical (unpaired) electrons. The molecule has 1 aromatic rings. The molecule has 29 heavy (non-hydrogen) atoms. The number of hydrogen-bond donors (Lipinski definition) is 1. The largest absolute Gasteiger partial charge is 0.379 e. The summed E-state index contributed by atoms with van der Waals surface area (Å²) in [6.07, 6.45) is 2.75. The van der Waals surface area contributed by atoms with E-state index in [-0.39, 0.29) is 17.3 Å². The number of carbonyl (C=O) groups is 2. The topological polar surface area (TPSA) is 96.0 Å². The number of urea groups is 1. The Labute approximate surface area is 172 Å². The van der Waals surface area contributed by atoms with Crippen LogP contribution in [-0.2, 0) is 26.1 Å². The zero-order valence-electron chi connectivity index (χ0n) is 17.0. The third-order valence-electron chi connectivity index (χ3n) is 5.45. The normalized spacial score (nSPS) is 20.1. The van der Waals surface area contributed by atoms with Crippen LogP contribution in [0, 0.1) is 0 Å². The van der Waals surface area contributed by atoms with E-state index in [9.17, 15) is 18.0 Å². The maximum atomic E-state index is 13.1. The van der Waals surface area contributed by atoms with Crippen LogP contribution in [0.25, 0.3) is 0 Å². The van der Waals surface area contributed by atoms with Crippen LogP contribution in [0.1, 0.15) is 45.1 Å². The quantitative estimate of drug-likeness (QED) is 0.646. The molecule has 0 bridgehead atoms. The molecule has 0 saturated carbocycles. The second-order valence-corrected chi connectivity index (χ2v) is 9.51. The van der Waals surface area contributed by atoms with Crippen LogP contribution in [0.5, 0.6) is 0 Å². The second kappa shape index (κ2) is 8.81. The molecule has 1 aromatic carbocycles. The number of sulfonamides is 1. The van der Waals surface area contributed by atoms with Gasteiger partial charge in [0.05, 0.1) is 24.7 Å². The Bertz CT molecular complexity index is 859. The van der Waals surface area contributed by atoms with E-state index in [2.05, 4.69) is 5.32 Å². The number of imide groups is 1. The van der Waals surface area contributed by atoms with E-state index in [1.54, 1.807) is 24.3 Å². The number of nitrogens with zero attached hydrogens (tertiary/aromatic N) is 2. The summed E-state index contributed by atoms with van der Waals surface area (Å²) in [6, 6.07) is 6.05. The van der Waals surface area contributed by atoms with Gasteiger partial charge in [-0.1, -0.05) is 38.8 Å². The molecule has 9 heteroatoms. The lowest BCUT2D eigenvalue weighted by Gasteiger charge is -2.26. The Hall–Kier alpha value is -1.97. The first-order valence-electron chi connectivity index (χ1n) is 10.1. The Morgan fingerprint density at radius 3 is 2.38 bits per heavy atom. The zero-order chi connectivity index (χ0) is 21.1. The van der Waals surface area contributed by atoms with Gasteiger partial charge in [0.2, 0.25) is 10.0 Å². The van der Waals surface area contributed by atoms with Gasteiger partial charge in [0.25, 0.3) is 5.91 Å². The van der Waals surface area contributed by atoms with Gasteiger partial charge in [0, 0.05) is 13.1 Å². The SMILES string of the molecule is CCCC1(CCC)NC(=O)N(Cc2cccc(S(=O)(=O)N3CCOCC3)c2)C1=O. The fraction of sp³-hybridized carbons (Fsp3) is 0.600. The summed E-state index contributed by atoms with van der Waals surface area (Å²) >= 11 is 0. The van der Waals surface area contributed by atoms with Crippen molar-refractivity contribution in [2.24, 2.45) is 0 Å². The van der Waals surface area contributed by atoms with E-state index in [0.29, 0.717) is 44.7 Å². The van der Waals surface area contributed by atoms with Gasteiger partial charge in [-0.15, -0.1) is 0 Å². The lowest BCUT2D eigenvalue weighted by Crippen LogP contribution is -2.46. The number of nitrogens with one attached hydrogen (secondary N) is 1. The monoisotopic (exact) mass is 423 g/mol. The molecule has 2 aliphatic heterocycles. The fourth-order valence-electron chi connectivity index (χ4n) is 4.06. The minimum absolute atomic E-state index is 0.0479. The Morgan fingerprint density at radius 2 is 1.76 bits per heavy atom. The summed E-state index contributed by atoms with van der Waals surface area (Å²) < 4.78 is 32.4. The van der Waals surface area contributed by atoms with Gasteiger partial charge in [-0.3, -0.25) is 9.69 Å². The summed E-state index contributed by atoms with van der Waals surface area (Å²) in [7, 11) is -3.64. The van der Waals surface area contributed by atoms with E-state index in [4.69, 9.17) is 4.74 Å². The number of hydrogen-bond acceptors (Lipinski definition) is 5. The summed E-state index contributed by atoms with van der Waals surface area (Å²) in [6.45, 7) is 5.40. The number of rotatable bonds is 8. The maximum Gasteiger partial charge on any atom is 0.325 e. The first-order valence-corrected chi connectivity index (χ1v) is 11.6. The van der Waals surface area contributed by atoms with Crippen LogP contribution < -0.4 is 5.32 Å². The molecular formula is C20H29N3O5S. The molecule has 2 fully saturated rings. The molecule has 0 aromatic heterocycles. The predicted octanol–water partition coefficient (Wildman–Crippen LogP) is 2.10. The molecule has 3 rings (SSSR count). The average molecular weight is 424 g/mol. The molecule has 2 saturated heterocycles. The molecule has 3 amide bonds. The second-order valence-electron chi connectivity index (χ2n) is 7.57. The molecule has 0 aliphatic carbocycles. The smallest absolute Gasteiger partial charge is 0.325 e. The van der Waals surface area contributed by atoms with E-state index in [0.717, 1.165) is 12.8 Å². The lowest BCUT2D eigenvalue weighted by molar-refractivity contribution is -0.132. The van der Waals surface area contributed by atoms with Gasteiger partial charge in [0.15, 0.2) is 0 Å². The Morgan fingerprint density at radius 1 is 1.10 bits per heavy atom. The van der Waals surface area contributed by atoms with Crippen molar-refractivity contribution >= 4 is 22.0 Å². The third-order valence-corrected chi connectivity index (χ3v) is 7.34. The summed E-state index contributed by atoms with van der Waals surface area (Å²) in [5, 5.41) is 2.88. The first kappa shape index (κ1) is 21.7. The van der Waals surface area contributed by atoms with Crippen LogP contribution in [0.2, 0.25) is 0 Å². The molecule has 2 aliphatic rings. The molecule has 0 unspecified atom stereocenters. The van der Waals surface area contributed by atoms with Gasteiger partial charge < -0.3 is 10.1 Å². The summed E-state index contributed by atoms with van der Waals surface area (Å²) in [5.41, 5.74) is -0.246. The van der Waals surface area contributed by atoms with Gasteiger partial charge >= 0.3 is 6.03 Å². The average Bonchev–Trinajstić information content (AvgIpc) is 2.94. The first-order chi connectivity index (χ1) is 13.8. The van der Waals surface area contributed by atoms with Gasteiger partial charge in [-0.05, 0) is 30.5 Å². The van der Waals surface area contributed by atoms with Gasteiger partial charge in [0.1, 0.15) is 5.54 Å². The van der Waals surface area contributed by atoms with Crippen molar-refractivity contribution in [3.8, 4) is 0 Å². The molecule has 0 atom stereocenters. The van der Waals surface area contributed by atoms with Crippen molar-refractivity contribution in [3.63, 3.8) is 0 Å². The zero-order valence-corrected chi connectivity index (χ0v) is 17.8. The van der Waals surface area contributed by atoms with Crippen LogP contribution >= 0.6 is 0 Å². The van der Waals surface area contributed by atoms with Gasteiger partial charge in [-0.25, -0.2) is 13.2 Å². The molecule has 1 N–H and O–H groups in total. The van der Waals surface area contributed by atoms with Crippen molar-refractivity contribution in [2.75, 3.05) is 26.3 Å². The Kier molecular flexibility index (Phi) is 6.60. The van der Waals surface area contributed by atoms with Gasteiger partial charge in [-0.2, -0.15) is 4.31 Å². The van der Waals surface area contributed by atoms with Crippen molar-refractivity contribution in [3.05, 3.63) is 29.8 Å². The maximum absolute atomic E-state index is 13.1. The number of ether oxygens (including phenoxy) is 1. The Balaban J connectivity index is 1.81. The lowest BCUT2D eigenvalue weighted by atomic mass is 9.88. The third kappa shape index (κ3) is 4.31. The molecule has 2 heterocycles. The highest BCUT2D eigenvalue weighted by molar-refractivity contribution is 7.89. The number of benzene rings is 1. The van der Waals surface area contributed by atoms with E-state index < -0.39 is 21.6 Å². The van der Waals surface area contributed by atoms with Crippen molar-refractivity contribution < 1.29 is 22.7 Å². The minimum Gasteiger partial charge on any atom is -0.379 e. The van der Waals surface area contributed by atoms with Crippen LogP contribution in [0.15, 0.2) is 29.2 Å². The molecular weight excluding hydrogens is 394 g/mol. The number of carbonyl (C=O) groups excluding carboxylic acids is 2. The predicted molar refractivity (Wildman–Crippen MR) is 108 cm³/mol. The van der Waals surface area contributed by atoms with Crippen molar-refractivity contribution in [1.29, 1.82) is 0 Å². The summed E-state index contributed by atoms with van der Waals surface area (Å²) in [5.74, 6) is -0.229. The van der Waals surface area contributed by atoms with Crippen LogP contribution in [-0.4, -0.2) is 61.4 Å². The van der Waals surface area contributed by atoms with Crippen molar-refractivity contribution in [2.45, 2.75) is 56.5 Å². The standard InChI is InChI=1S/C20H29N3O5S/c1-3-8-20(9-4-2)18(24)23(19(25)21-20)15-16-6-5-7-17(14-16)29(26,27)22-10-12-28-13-11-22/h5-7,14H,3-4,8-13,15H2,1-2H3,(H,21,25). The number of amides is 3. The van der Waals surface area contributed by atoms with Crippen LogP contribution in [0.4, 0.5) is 4.79 Å².